The fourth-order valence-electron chi connectivity index (χ4n) is 2.61. The first kappa shape index (κ1) is 15.7. The third-order valence-corrected chi connectivity index (χ3v) is 4.93. The zero-order valence-corrected chi connectivity index (χ0v) is 14.0. The predicted molar refractivity (Wildman–Crippen MR) is 87.9 cm³/mol. The van der Waals surface area contributed by atoms with Crippen molar-refractivity contribution in [3.05, 3.63) is 29.8 Å². The highest BCUT2D eigenvalue weighted by Gasteiger charge is 2.26. The van der Waals surface area contributed by atoms with E-state index < -0.39 is 0 Å². The summed E-state index contributed by atoms with van der Waals surface area (Å²) in [7, 11) is 1.88. The molecule has 1 fully saturated rings. The second-order valence-corrected chi connectivity index (χ2v) is 6.45. The van der Waals surface area contributed by atoms with Crippen molar-refractivity contribution in [1.29, 1.82) is 0 Å². The first-order valence-electron chi connectivity index (χ1n) is 7.49. The largest absolute Gasteiger partial charge is 0.305 e. The third-order valence-electron chi connectivity index (χ3n) is 3.92. The summed E-state index contributed by atoms with van der Waals surface area (Å²) in [6.07, 6.45) is 1.23. The summed E-state index contributed by atoms with van der Waals surface area (Å²) >= 11 is 1.31. The lowest BCUT2D eigenvalue weighted by atomic mass is 10.1. The van der Waals surface area contributed by atoms with E-state index in [4.69, 9.17) is 0 Å². The number of aromatic nitrogens is 3. The Labute approximate surface area is 138 Å². The van der Waals surface area contributed by atoms with E-state index in [9.17, 15) is 9.59 Å². The number of benzene rings is 1. The maximum atomic E-state index is 12.1. The van der Waals surface area contributed by atoms with Crippen LogP contribution in [0.2, 0.25) is 0 Å². The van der Waals surface area contributed by atoms with Gasteiger partial charge in [-0.2, -0.15) is 0 Å². The third kappa shape index (κ3) is 3.14. The minimum atomic E-state index is -0.155. The second kappa shape index (κ2) is 6.54. The zero-order chi connectivity index (χ0) is 16.4. The highest BCUT2D eigenvalue weighted by atomic mass is 32.2. The molecule has 0 N–H and O–H groups in total. The molecule has 0 saturated carbocycles. The summed E-state index contributed by atoms with van der Waals surface area (Å²) in [5.41, 5.74) is 2.15. The van der Waals surface area contributed by atoms with Gasteiger partial charge in [-0.05, 0) is 18.9 Å². The molecule has 0 atom stereocenters. The topological polar surface area (TPSA) is 68.1 Å². The van der Waals surface area contributed by atoms with Crippen LogP contribution in [-0.2, 0) is 16.6 Å². The molecule has 2 amide bonds. The fraction of sp³-hybridized carbons (Fsp3) is 0.375. The number of carbonyl (C=O) groups excluding carboxylic acids is 2. The van der Waals surface area contributed by atoms with Gasteiger partial charge in [0.2, 0.25) is 11.8 Å². The quantitative estimate of drug-likeness (QED) is 0.803. The van der Waals surface area contributed by atoms with E-state index in [1.807, 2.05) is 42.8 Å². The number of amides is 2. The van der Waals surface area contributed by atoms with Gasteiger partial charge >= 0.3 is 0 Å². The number of aryl methyl sites for hydroxylation is 1. The molecule has 23 heavy (non-hydrogen) atoms. The van der Waals surface area contributed by atoms with Crippen molar-refractivity contribution < 1.29 is 9.59 Å². The standard InChI is InChI=1S/C16H18N4O2S/c1-11-6-3-4-7-12(11)15-17-18-16(19(15)2)23-10-14(22)20-9-5-8-13(20)21/h3-4,6-7H,5,8-10H2,1-2H3. The molecule has 1 aromatic heterocycles. The summed E-state index contributed by atoms with van der Waals surface area (Å²) < 4.78 is 1.88. The predicted octanol–water partition coefficient (Wildman–Crippen LogP) is 2.03. The van der Waals surface area contributed by atoms with Crippen LogP contribution in [-0.4, -0.2) is 43.8 Å². The SMILES string of the molecule is Cc1ccccc1-c1nnc(SCC(=O)N2CCCC2=O)n1C. The maximum Gasteiger partial charge on any atom is 0.239 e. The zero-order valence-electron chi connectivity index (χ0n) is 13.2. The first-order chi connectivity index (χ1) is 11.1. The lowest BCUT2D eigenvalue weighted by Crippen LogP contribution is -2.33. The lowest BCUT2D eigenvalue weighted by molar-refractivity contribution is -0.140. The summed E-state index contributed by atoms with van der Waals surface area (Å²) in [6.45, 7) is 2.56. The van der Waals surface area contributed by atoms with Gasteiger partial charge in [-0.3, -0.25) is 14.5 Å². The van der Waals surface area contributed by atoms with E-state index in [2.05, 4.69) is 10.2 Å². The average molecular weight is 330 g/mol. The molecule has 1 aliphatic rings. The summed E-state index contributed by atoms with van der Waals surface area (Å²) in [5, 5.41) is 9.08. The van der Waals surface area contributed by atoms with E-state index in [1.165, 1.54) is 16.7 Å². The number of carbonyl (C=O) groups is 2. The van der Waals surface area contributed by atoms with Crippen molar-refractivity contribution in [2.45, 2.75) is 24.9 Å². The highest BCUT2D eigenvalue weighted by molar-refractivity contribution is 7.99. The molecule has 0 bridgehead atoms. The molecule has 6 nitrogen and oxygen atoms in total. The lowest BCUT2D eigenvalue weighted by Gasteiger charge is -2.12. The van der Waals surface area contributed by atoms with Gasteiger partial charge in [0.1, 0.15) is 0 Å². The first-order valence-corrected chi connectivity index (χ1v) is 8.48. The van der Waals surface area contributed by atoms with Gasteiger partial charge in [0.25, 0.3) is 0 Å². The minimum Gasteiger partial charge on any atom is -0.305 e. The van der Waals surface area contributed by atoms with Crippen molar-refractivity contribution in [1.82, 2.24) is 19.7 Å². The molecule has 1 saturated heterocycles. The summed E-state index contributed by atoms with van der Waals surface area (Å²) in [5.74, 6) is 0.744. The van der Waals surface area contributed by atoms with Crippen molar-refractivity contribution >= 4 is 23.6 Å². The van der Waals surface area contributed by atoms with Crippen LogP contribution in [0.3, 0.4) is 0 Å². The molecule has 2 heterocycles. The molecule has 0 aliphatic carbocycles. The van der Waals surface area contributed by atoms with Crippen LogP contribution >= 0.6 is 11.8 Å². The van der Waals surface area contributed by atoms with Crippen molar-refractivity contribution in [3.63, 3.8) is 0 Å². The Morgan fingerprint density at radius 3 is 2.78 bits per heavy atom. The van der Waals surface area contributed by atoms with Gasteiger partial charge in [0.15, 0.2) is 11.0 Å². The van der Waals surface area contributed by atoms with Crippen LogP contribution in [0.4, 0.5) is 0 Å². The molecule has 2 aromatic rings. The Kier molecular flexibility index (Phi) is 4.47. The van der Waals surface area contributed by atoms with Crippen LogP contribution in [0.1, 0.15) is 18.4 Å². The Bertz CT molecular complexity index is 756. The van der Waals surface area contributed by atoms with Crippen molar-refractivity contribution in [2.24, 2.45) is 7.05 Å². The molecule has 7 heteroatoms. The Hall–Kier alpha value is -2.15. The number of thioether (sulfide) groups is 1. The van der Waals surface area contributed by atoms with Gasteiger partial charge in [-0.25, -0.2) is 0 Å². The van der Waals surface area contributed by atoms with E-state index >= 15 is 0 Å². The van der Waals surface area contributed by atoms with Gasteiger partial charge in [0, 0.05) is 25.6 Å². The number of rotatable bonds is 4. The summed E-state index contributed by atoms with van der Waals surface area (Å²) in [6, 6.07) is 7.98. The van der Waals surface area contributed by atoms with Crippen molar-refractivity contribution in [2.75, 3.05) is 12.3 Å². The average Bonchev–Trinajstić information content (AvgIpc) is 3.12. The Morgan fingerprint density at radius 2 is 2.09 bits per heavy atom. The number of likely N-dealkylation sites (tertiary alicyclic amines) is 1. The summed E-state index contributed by atoms with van der Waals surface area (Å²) in [4.78, 5) is 25.0. The van der Waals surface area contributed by atoms with Crippen LogP contribution in [0, 0.1) is 6.92 Å². The van der Waals surface area contributed by atoms with E-state index in [-0.39, 0.29) is 17.6 Å². The van der Waals surface area contributed by atoms with Crippen LogP contribution < -0.4 is 0 Å². The molecule has 1 aliphatic heterocycles. The van der Waals surface area contributed by atoms with Crippen LogP contribution in [0.5, 0.6) is 0 Å². The monoisotopic (exact) mass is 330 g/mol. The van der Waals surface area contributed by atoms with Crippen LogP contribution in [0.15, 0.2) is 29.4 Å². The highest BCUT2D eigenvalue weighted by Crippen LogP contribution is 2.25. The molecule has 120 valence electrons. The molecule has 3 rings (SSSR count). The Balaban J connectivity index is 1.72. The normalized spacial score (nSPS) is 14.5. The molecule has 0 spiro atoms. The minimum absolute atomic E-state index is 0.0748. The van der Waals surface area contributed by atoms with Gasteiger partial charge < -0.3 is 4.57 Å². The molecular weight excluding hydrogens is 312 g/mol. The maximum absolute atomic E-state index is 12.1. The number of imide groups is 1. The molecule has 0 radical (unpaired) electrons. The van der Waals surface area contributed by atoms with E-state index in [0.29, 0.717) is 18.1 Å². The second-order valence-electron chi connectivity index (χ2n) is 5.51. The Morgan fingerprint density at radius 1 is 1.30 bits per heavy atom. The number of nitrogens with zero attached hydrogens (tertiary/aromatic N) is 4. The van der Waals surface area contributed by atoms with Gasteiger partial charge in [-0.15, -0.1) is 10.2 Å². The van der Waals surface area contributed by atoms with E-state index in [0.717, 1.165) is 23.4 Å². The van der Waals surface area contributed by atoms with Crippen LogP contribution in [0.25, 0.3) is 11.4 Å². The molecule has 0 unspecified atom stereocenters. The smallest absolute Gasteiger partial charge is 0.239 e. The number of hydrogen-bond acceptors (Lipinski definition) is 5. The number of hydrogen-bond donors (Lipinski definition) is 0. The van der Waals surface area contributed by atoms with Gasteiger partial charge in [-0.1, -0.05) is 36.0 Å². The molecule has 1 aromatic carbocycles. The van der Waals surface area contributed by atoms with E-state index in [1.54, 1.807) is 0 Å². The van der Waals surface area contributed by atoms with Gasteiger partial charge in [0.05, 0.1) is 5.75 Å². The van der Waals surface area contributed by atoms with Crippen molar-refractivity contribution in [3.8, 4) is 11.4 Å². The fourth-order valence-corrected chi connectivity index (χ4v) is 3.40. The molecular formula is C16H18N4O2S.